The van der Waals surface area contributed by atoms with Crippen molar-refractivity contribution in [3.05, 3.63) is 57.7 Å². The quantitative estimate of drug-likeness (QED) is 0.759. The fourth-order valence-electron chi connectivity index (χ4n) is 1.63. The fourth-order valence-corrected chi connectivity index (χ4v) is 2.29. The molecule has 0 saturated heterocycles. The Morgan fingerprint density at radius 1 is 1.38 bits per heavy atom. The first-order valence-electron chi connectivity index (χ1n) is 6.04. The van der Waals surface area contributed by atoms with Crippen molar-refractivity contribution in [3.8, 4) is 10.8 Å². The van der Waals surface area contributed by atoms with E-state index in [0.29, 0.717) is 11.6 Å². The Balaban J connectivity index is 1.64. The van der Waals surface area contributed by atoms with Gasteiger partial charge in [0.25, 0.3) is 11.5 Å². The number of hydrogen-bond donors (Lipinski definition) is 2. The number of aromatic nitrogens is 3. The lowest BCUT2D eigenvalue weighted by molar-refractivity contribution is 0.0944. The molecular formula is C13H10N4O3S. The summed E-state index contributed by atoms with van der Waals surface area (Å²) in [7, 11) is 0. The van der Waals surface area contributed by atoms with E-state index >= 15 is 0 Å². The third kappa shape index (κ3) is 3.06. The van der Waals surface area contributed by atoms with E-state index in [4.69, 9.17) is 4.42 Å². The Hall–Kier alpha value is -2.74. The molecule has 0 aliphatic rings. The van der Waals surface area contributed by atoms with Gasteiger partial charge in [0, 0.05) is 6.07 Å². The molecule has 0 fully saturated rings. The molecule has 0 aliphatic carbocycles. The van der Waals surface area contributed by atoms with Crippen LogP contribution in [-0.4, -0.2) is 21.1 Å². The van der Waals surface area contributed by atoms with E-state index in [9.17, 15) is 9.59 Å². The van der Waals surface area contributed by atoms with Crippen LogP contribution in [-0.2, 0) is 6.54 Å². The molecule has 3 aromatic rings. The lowest BCUT2D eigenvalue weighted by Crippen LogP contribution is -2.25. The number of H-pyrrole nitrogens is 1. The molecule has 2 N–H and O–H groups in total. The second kappa shape index (κ2) is 5.71. The van der Waals surface area contributed by atoms with Crippen molar-refractivity contribution in [2.45, 2.75) is 6.54 Å². The number of nitrogens with zero attached hydrogens (tertiary/aromatic N) is 2. The third-order valence-electron chi connectivity index (χ3n) is 2.63. The zero-order valence-corrected chi connectivity index (χ0v) is 11.5. The number of thiophene rings is 1. The summed E-state index contributed by atoms with van der Waals surface area (Å²) in [5.41, 5.74) is 0.386. The number of carbonyl (C=O) groups excluding carboxylic acids is 1. The molecule has 0 radical (unpaired) electrons. The summed E-state index contributed by atoms with van der Waals surface area (Å²) in [5.74, 6) is 0.128. The average molecular weight is 302 g/mol. The smallest absolute Gasteiger partial charge is 0.272 e. The van der Waals surface area contributed by atoms with Gasteiger partial charge in [0.15, 0.2) is 0 Å². The standard InChI is InChI=1S/C13H10N4O3S/c18-11-4-3-9(16-17-11)12(19)14-6-8-7-20-13(15-8)10-2-1-5-21-10/h1-5,7H,6H2,(H,14,19)(H,17,18). The van der Waals surface area contributed by atoms with E-state index in [2.05, 4.69) is 20.5 Å². The minimum Gasteiger partial charge on any atom is -0.443 e. The van der Waals surface area contributed by atoms with Gasteiger partial charge < -0.3 is 9.73 Å². The zero-order chi connectivity index (χ0) is 14.7. The largest absolute Gasteiger partial charge is 0.443 e. The summed E-state index contributed by atoms with van der Waals surface area (Å²) in [6.07, 6.45) is 1.50. The Bertz CT molecular complexity index is 786. The van der Waals surface area contributed by atoms with Gasteiger partial charge in [-0.15, -0.1) is 11.3 Å². The number of oxazole rings is 1. The molecule has 0 aliphatic heterocycles. The monoisotopic (exact) mass is 302 g/mol. The maximum atomic E-state index is 11.8. The summed E-state index contributed by atoms with van der Waals surface area (Å²) in [5, 5.41) is 10.4. The highest BCUT2D eigenvalue weighted by Crippen LogP contribution is 2.23. The van der Waals surface area contributed by atoms with Crippen LogP contribution < -0.4 is 10.9 Å². The maximum Gasteiger partial charge on any atom is 0.272 e. The van der Waals surface area contributed by atoms with Gasteiger partial charge in [0.1, 0.15) is 12.0 Å². The normalized spacial score (nSPS) is 10.5. The van der Waals surface area contributed by atoms with Crippen LogP contribution in [0.4, 0.5) is 0 Å². The molecule has 3 heterocycles. The first-order valence-corrected chi connectivity index (χ1v) is 6.92. The fraction of sp³-hybridized carbons (Fsp3) is 0.0769. The van der Waals surface area contributed by atoms with Crippen molar-refractivity contribution < 1.29 is 9.21 Å². The van der Waals surface area contributed by atoms with E-state index in [1.54, 1.807) is 0 Å². The van der Waals surface area contributed by atoms with E-state index in [0.717, 1.165) is 4.88 Å². The summed E-state index contributed by atoms with van der Waals surface area (Å²) in [6, 6.07) is 6.41. The van der Waals surface area contributed by atoms with Crippen molar-refractivity contribution in [3.63, 3.8) is 0 Å². The first kappa shape index (κ1) is 13.3. The van der Waals surface area contributed by atoms with Gasteiger partial charge in [0.05, 0.1) is 17.1 Å². The minimum atomic E-state index is -0.396. The highest BCUT2D eigenvalue weighted by Gasteiger charge is 2.10. The summed E-state index contributed by atoms with van der Waals surface area (Å²) in [6.45, 7) is 0.217. The molecule has 0 bridgehead atoms. The highest BCUT2D eigenvalue weighted by atomic mass is 32.1. The molecule has 0 saturated carbocycles. The molecule has 3 rings (SSSR count). The Morgan fingerprint density at radius 2 is 2.29 bits per heavy atom. The maximum absolute atomic E-state index is 11.8. The van der Waals surface area contributed by atoms with Crippen LogP contribution >= 0.6 is 11.3 Å². The van der Waals surface area contributed by atoms with Crippen molar-refractivity contribution in [2.75, 3.05) is 0 Å². The molecule has 21 heavy (non-hydrogen) atoms. The van der Waals surface area contributed by atoms with Crippen LogP contribution in [0.3, 0.4) is 0 Å². The zero-order valence-electron chi connectivity index (χ0n) is 10.7. The Morgan fingerprint density at radius 3 is 3.00 bits per heavy atom. The van der Waals surface area contributed by atoms with Gasteiger partial charge in [-0.2, -0.15) is 5.10 Å². The van der Waals surface area contributed by atoms with Crippen LogP contribution in [0.5, 0.6) is 0 Å². The van der Waals surface area contributed by atoms with Gasteiger partial charge in [0.2, 0.25) is 5.89 Å². The van der Waals surface area contributed by atoms with E-state index in [1.165, 1.54) is 29.7 Å². The average Bonchev–Trinajstić information content (AvgIpc) is 3.16. The predicted molar refractivity (Wildman–Crippen MR) is 75.8 cm³/mol. The summed E-state index contributed by atoms with van der Waals surface area (Å²) < 4.78 is 5.35. The molecule has 106 valence electrons. The van der Waals surface area contributed by atoms with Crippen LogP contribution in [0.2, 0.25) is 0 Å². The molecule has 8 heteroatoms. The van der Waals surface area contributed by atoms with Crippen LogP contribution in [0.15, 0.2) is 45.1 Å². The number of hydrogen-bond acceptors (Lipinski definition) is 6. The molecule has 0 atom stereocenters. The molecule has 7 nitrogen and oxygen atoms in total. The lowest BCUT2D eigenvalue weighted by atomic mass is 10.3. The number of rotatable bonds is 4. The van der Waals surface area contributed by atoms with Gasteiger partial charge in [-0.25, -0.2) is 10.1 Å². The van der Waals surface area contributed by atoms with Crippen molar-refractivity contribution >= 4 is 17.2 Å². The van der Waals surface area contributed by atoms with Gasteiger partial charge in [-0.05, 0) is 17.5 Å². The molecular weight excluding hydrogens is 292 g/mol. The topological polar surface area (TPSA) is 101 Å². The third-order valence-corrected chi connectivity index (χ3v) is 3.48. The number of amides is 1. The molecule has 0 aromatic carbocycles. The SMILES string of the molecule is O=C(NCc1coc(-c2cccs2)n1)c1ccc(=O)[nH]n1. The van der Waals surface area contributed by atoms with E-state index < -0.39 is 5.91 Å². The molecule has 3 aromatic heterocycles. The number of carbonyl (C=O) groups is 1. The Kier molecular flexibility index (Phi) is 3.61. The van der Waals surface area contributed by atoms with Crippen molar-refractivity contribution in [1.82, 2.24) is 20.5 Å². The minimum absolute atomic E-state index is 0.136. The lowest BCUT2D eigenvalue weighted by Gasteiger charge is -2.00. The number of aromatic amines is 1. The van der Waals surface area contributed by atoms with Crippen molar-refractivity contribution in [2.24, 2.45) is 0 Å². The van der Waals surface area contributed by atoms with Crippen molar-refractivity contribution in [1.29, 1.82) is 0 Å². The van der Waals surface area contributed by atoms with Crippen LogP contribution in [0, 0.1) is 0 Å². The molecule has 1 amide bonds. The van der Waals surface area contributed by atoms with Crippen LogP contribution in [0.25, 0.3) is 10.8 Å². The Labute approximate surface area is 122 Å². The van der Waals surface area contributed by atoms with E-state index in [-0.39, 0.29) is 17.8 Å². The van der Waals surface area contributed by atoms with Gasteiger partial charge >= 0.3 is 0 Å². The summed E-state index contributed by atoms with van der Waals surface area (Å²) >= 11 is 1.52. The van der Waals surface area contributed by atoms with E-state index in [1.807, 2.05) is 17.5 Å². The second-order valence-corrected chi connectivity index (χ2v) is 5.06. The van der Waals surface area contributed by atoms with Gasteiger partial charge in [-0.3, -0.25) is 9.59 Å². The molecule has 0 unspecified atom stereocenters. The number of nitrogens with one attached hydrogen (secondary N) is 2. The molecule has 0 spiro atoms. The summed E-state index contributed by atoms with van der Waals surface area (Å²) in [4.78, 5) is 27.9. The first-order chi connectivity index (χ1) is 10.2. The highest BCUT2D eigenvalue weighted by molar-refractivity contribution is 7.13. The van der Waals surface area contributed by atoms with Gasteiger partial charge in [-0.1, -0.05) is 6.07 Å². The predicted octanol–water partition coefficient (Wildman–Crippen LogP) is 1.42. The van der Waals surface area contributed by atoms with Crippen LogP contribution in [0.1, 0.15) is 16.2 Å². The second-order valence-electron chi connectivity index (χ2n) is 4.11.